The molecule has 0 spiro atoms. The van der Waals surface area contributed by atoms with Gasteiger partial charge < -0.3 is 15.7 Å². The van der Waals surface area contributed by atoms with Crippen LogP contribution in [0.2, 0.25) is 0 Å². The zero-order chi connectivity index (χ0) is 12.9. The SMILES string of the molecule is CC(C)(C)CNc1cc(NCC(=O)O)ncn1. The first-order chi connectivity index (χ1) is 7.87. The summed E-state index contributed by atoms with van der Waals surface area (Å²) >= 11 is 0. The highest BCUT2D eigenvalue weighted by Gasteiger charge is 2.10. The maximum Gasteiger partial charge on any atom is 0.322 e. The third kappa shape index (κ3) is 5.70. The molecular formula is C11H18N4O2. The molecule has 0 unspecified atom stereocenters. The fraction of sp³-hybridized carbons (Fsp3) is 0.545. The lowest BCUT2D eigenvalue weighted by molar-refractivity contribution is -0.134. The molecular weight excluding hydrogens is 220 g/mol. The van der Waals surface area contributed by atoms with E-state index in [9.17, 15) is 4.79 Å². The second-order valence-electron chi connectivity index (χ2n) is 4.95. The number of nitrogens with zero attached hydrogens (tertiary/aromatic N) is 2. The predicted molar refractivity (Wildman–Crippen MR) is 66.1 cm³/mol. The van der Waals surface area contributed by atoms with Gasteiger partial charge in [-0.3, -0.25) is 4.79 Å². The van der Waals surface area contributed by atoms with Gasteiger partial charge in [0.15, 0.2) is 0 Å². The van der Waals surface area contributed by atoms with Crippen molar-refractivity contribution >= 4 is 17.6 Å². The van der Waals surface area contributed by atoms with Crippen LogP contribution >= 0.6 is 0 Å². The van der Waals surface area contributed by atoms with Crippen molar-refractivity contribution in [3.8, 4) is 0 Å². The molecule has 0 aliphatic rings. The van der Waals surface area contributed by atoms with Gasteiger partial charge in [0.1, 0.15) is 24.5 Å². The molecule has 0 saturated carbocycles. The van der Waals surface area contributed by atoms with Crippen molar-refractivity contribution in [1.29, 1.82) is 0 Å². The Hall–Kier alpha value is -1.85. The van der Waals surface area contributed by atoms with Gasteiger partial charge in [0.25, 0.3) is 0 Å². The largest absolute Gasteiger partial charge is 0.480 e. The fourth-order valence-electron chi connectivity index (χ4n) is 1.07. The molecule has 0 bridgehead atoms. The van der Waals surface area contributed by atoms with E-state index in [2.05, 4.69) is 41.4 Å². The minimum absolute atomic E-state index is 0.152. The van der Waals surface area contributed by atoms with Crippen molar-refractivity contribution in [3.05, 3.63) is 12.4 Å². The predicted octanol–water partition coefficient (Wildman–Crippen LogP) is 1.43. The van der Waals surface area contributed by atoms with Gasteiger partial charge in [-0.1, -0.05) is 20.8 Å². The Kier molecular flexibility index (Phi) is 4.25. The number of aliphatic carboxylic acids is 1. The Bertz CT molecular complexity index is 387. The Morgan fingerprint density at radius 3 is 2.41 bits per heavy atom. The maximum absolute atomic E-state index is 10.4. The van der Waals surface area contributed by atoms with E-state index < -0.39 is 5.97 Å². The third-order valence-electron chi connectivity index (χ3n) is 1.89. The molecule has 0 fully saturated rings. The van der Waals surface area contributed by atoms with E-state index in [-0.39, 0.29) is 12.0 Å². The van der Waals surface area contributed by atoms with Gasteiger partial charge in [-0.25, -0.2) is 9.97 Å². The summed E-state index contributed by atoms with van der Waals surface area (Å²) in [4.78, 5) is 18.4. The van der Waals surface area contributed by atoms with E-state index in [1.807, 2.05) is 0 Å². The minimum atomic E-state index is -0.923. The summed E-state index contributed by atoms with van der Waals surface area (Å²) in [5, 5.41) is 14.4. The monoisotopic (exact) mass is 238 g/mol. The lowest BCUT2D eigenvalue weighted by Crippen LogP contribution is -2.20. The summed E-state index contributed by atoms with van der Waals surface area (Å²) < 4.78 is 0. The highest BCUT2D eigenvalue weighted by molar-refractivity contribution is 5.72. The molecule has 6 heteroatoms. The van der Waals surface area contributed by atoms with Crippen LogP contribution in [0.1, 0.15) is 20.8 Å². The third-order valence-corrected chi connectivity index (χ3v) is 1.89. The molecule has 0 radical (unpaired) electrons. The number of carbonyl (C=O) groups is 1. The van der Waals surface area contributed by atoms with Crippen LogP contribution in [0.15, 0.2) is 12.4 Å². The molecule has 0 amide bonds. The van der Waals surface area contributed by atoms with Gasteiger partial charge in [-0.15, -0.1) is 0 Å². The van der Waals surface area contributed by atoms with Crippen LogP contribution in [0.4, 0.5) is 11.6 Å². The van der Waals surface area contributed by atoms with Crippen molar-refractivity contribution < 1.29 is 9.90 Å². The van der Waals surface area contributed by atoms with E-state index in [0.717, 1.165) is 6.54 Å². The van der Waals surface area contributed by atoms with Crippen LogP contribution < -0.4 is 10.6 Å². The minimum Gasteiger partial charge on any atom is -0.480 e. The molecule has 3 N–H and O–H groups in total. The summed E-state index contributed by atoms with van der Waals surface area (Å²) in [5.74, 6) is 0.259. The van der Waals surface area contributed by atoms with Gasteiger partial charge in [0, 0.05) is 12.6 Å². The van der Waals surface area contributed by atoms with Crippen molar-refractivity contribution in [2.45, 2.75) is 20.8 Å². The smallest absolute Gasteiger partial charge is 0.322 e. The molecule has 0 aliphatic carbocycles. The topological polar surface area (TPSA) is 87.1 Å². The van der Waals surface area contributed by atoms with Crippen molar-refractivity contribution in [1.82, 2.24) is 9.97 Å². The number of hydrogen-bond acceptors (Lipinski definition) is 5. The second kappa shape index (κ2) is 5.47. The number of nitrogens with one attached hydrogen (secondary N) is 2. The van der Waals surface area contributed by atoms with Crippen LogP contribution in [0, 0.1) is 5.41 Å². The normalized spacial score (nSPS) is 11.0. The lowest BCUT2D eigenvalue weighted by Gasteiger charge is -2.19. The summed E-state index contributed by atoms with van der Waals surface area (Å²) in [6.07, 6.45) is 1.40. The second-order valence-corrected chi connectivity index (χ2v) is 4.95. The lowest BCUT2D eigenvalue weighted by atomic mass is 9.97. The number of anilines is 2. The van der Waals surface area contributed by atoms with E-state index >= 15 is 0 Å². The molecule has 1 aromatic heterocycles. The summed E-state index contributed by atoms with van der Waals surface area (Å²) in [6, 6.07) is 1.69. The van der Waals surface area contributed by atoms with Gasteiger partial charge >= 0.3 is 5.97 Å². The average molecular weight is 238 g/mol. The molecule has 1 heterocycles. The van der Waals surface area contributed by atoms with Crippen LogP contribution in [-0.2, 0) is 4.79 Å². The molecule has 17 heavy (non-hydrogen) atoms. The number of rotatable bonds is 5. The first-order valence-electron chi connectivity index (χ1n) is 5.38. The van der Waals surface area contributed by atoms with Crippen LogP contribution in [0.3, 0.4) is 0 Å². The molecule has 1 rings (SSSR count). The summed E-state index contributed by atoms with van der Waals surface area (Å²) in [7, 11) is 0. The van der Waals surface area contributed by atoms with Crippen molar-refractivity contribution in [2.24, 2.45) is 5.41 Å². The van der Waals surface area contributed by atoms with Gasteiger partial charge in [-0.05, 0) is 5.41 Å². The highest BCUT2D eigenvalue weighted by atomic mass is 16.4. The quantitative estimate of drug-likeness (QED) is 0.719. The molecule has 0 atom stereocenters. The molecule has 6 nitrogen and oxygen atoms in total. The number of carboxylic acids is 1. The van der Waals surface area contributed by atoms with Crippen molar-refractivity contribution in [2.75, 3.05) is 23.7 Å². The summed E-state index contributed by atoms with van der Waals surface area (Å²) in [6.45, 7) is 6.97. The molecule has 0 aromatic carbocycles. The van der Waals surface area contributed by atoms with Gasteiger partial charge in [0.2, 0.25) is 0 Å². The fourth-order valence-corrected chi connectivity index (χ4v) is 1.07. The van der Waals surface area contributed by atoms with Gasteiger partial charge in [-0.2, -0.15) is 0 Å². The first-order valence-corrected chi connectivity index (χ1v) is 5.38. The Balaban J connectivity index is 2.56. The summed E-state index contributed by atoms with van der Waals surface area (Å²) in [5.41, 5.74) is 0.152. The molecule has 0 saturated heterocycles. The highest BCUT2D eigenvalue weighted by Crippen LogP contribution is 2.15. The maximum atomic E-state index is 10.4. The standard InChI is InChI=1S/C11H18N4O2/c1-11(2,3)6-13-9-4-8(14-7-15-9)12-5-10(16)17/h4,7H,5-6H2,1-3H3,(H,16,17)(H2,12,13,14,15). The Morgan fingerprint density at radius 2 is 1.88 bits per heavy atom. The number of carboxylic acid groups (broad SMARTS) is 1. The van der Waals surface area contributed by atoms with Crippen LogP contribution in [-0.4, -0.2) is 34.1 Å². The zero-order valence-corrected chi connectivity index (χ0v) is 10.3. The van der Waals surface area contributed by atoms with E-state index in [1.165, 1.54) is 6.33 Å². The Morgan fingerprint density at radius 1 is 1.29 bits per heavy atom. The van der Waals surface area contributed by atoms with Crippen molar-refractivity contribution in [3.63, 3.8) is 0 Å². The van der Waals surface area contributed by atoms with Crippen LogP contribution in [0.25, 0.3) is 0 Å². The van der Waals surface area contributed by atoms with Crippen LogP contribution in [0.5, 0.6) is 0 Å². The van der Waals surface area contributed by atoms with E-state index in [1.54, 1.807) is 6.07 Å². The molecule has 94 valence electrons. The number of aromatic nitrogens is 2. The first kappa shape index (κ1) is 13.2. The van der Waals surface area contributed by atoms with Gasteiger partial charge in [0.05, 0.1) is 0 Å². The molecule has 1 aromatic rings. The Labute approximate surface area is 100 Å². The average Bonchev–Trinajstić information content (AvgIpc) is 2.23. The number of hydrogen-bond donors (Lipinski definition) is 3. The van der Waals surface area contributed by atoms with E-state index in [0.29, 0.717) is 11.6 Å². The zero-order valence-electron chi connectivity index (χ0n) is 10.3. The molecule has 0 aliphatic heterocycles. The van der Waals surface area contributed by atoms with E-state index in [4.69, 9.17) is 5.11 Å².